The fraction of sp³-hybridized carbons (Fsp3) is 0.548. The molecule has 8 heteroatoms. The van der Waals surface area contributed by atoms with E-state index < -0.39 is 5.82 Å². The van der Waals surface area contributed by atoms with Crippen molar-refractivity contribution in [3.8, 4) is 6.07 Å². The second-order valence-corrected chi connectivity index (χ2v) is 12.4. The standard InChI is InChI=1S/C31H37ClFN5O/c32-28-18-26(6-7-29(28)33)35-30(39)38(15-14-36-10-12-37(13-11-36)21-22-4-5-22)27-8-9-31(19-25(31)17-27)24-3-1-2-23(16-24)20-34/h1-3,6-7,16,18,22,25,27H,4-5,8-15,17,19,21H2,(H,35,39)/t25-,27+,31+/m0/s1. The van der Waals surface area contributed by atoms with Gasteiger partial charge in [0.1, 0.15) is 5.82 Å². The molecule has 1 N–H and O–H groups in total. The Morgan fingerprint density at radius 3 is 2.64 bits per heavy atom. The van der Waals surface area contributed by atoms with E-state index in [1.54, 1.807) is 6.07 Å². The number of carbonyl (C=O) groups is 1. The smallest absolute Gasteiger partial charge is 0.320 e. The minimum atomic E-state index is -0.495. The summed E-state index contributed by atoms with van der Waals surface area (Å²) in [7, 11) is 0. The summed E-state index contributed by atoms with van der Waals surface area (Å²) >= 11 is 5.98. The molecule has 6 nitrogen and oxygen atoms in total. The molecule has 3 saturated carbocycles. The van der Waals surface area contributed by atoms with E-state index in [1.807, 2.05) is 23.1 Å². The van der Waals surface area contributed by atoms with Gasteiger partial charge in [-0.25, -0.2) is 9.18 Å². The van der Waals surface area contributed by atoms with Gasteiger partial charge in [-0.1, -0.05) is 23.7 Å². The molecule has 2 amide bonds. The summed E-state index contributed by atoms with van der Waals surface area (Å²) in [5.41, 5.74) is 2.64. The fourth-order valence-electron chi connectivity index (χ4n) is 6.88. The van der Waals surface area contributed by atoms with Gasteiger partial charge in [0, 0.05) is 57.5 Å². The quantitative estimate of drug-likeness (QED) is 0.457. The lowest BCUT2D eigenvalue weighted by Gasteiger charge is -2.39. The topological polar surface area (TPSA) is 62.6 Å². The Bertz CT molecular complexity index is 1250. The molecule has 0 unspecified atom stereocenters. The Labute approximate surface area is 235 Å². The average Bonchev–Trinajstić information content (AvgIpc) is 3.88. The van der Waals surface area contributed by atoms with E-state index in [-0.39, 0.29) is 22.5 Å². The van der Waals surface area contributed by atoms with E-state index in [1.165, 1.54) is 37.1 Å². The van der Waals surface area contributed by atoms with Gasteiger partial charge in [-0.3, -0.25) is 4.90 Å². The molecule has 0 aromatic heterocycles. The molecule has 1 aliphatic heterocycles. The highest BCUT2D eigenvalue weighted by Gasteiger charge is 2.58. The number of carbonyl (C=O) groups excluding carboxylic acids is 1. The first-order valence-corrected chi connectivity index (χ1v) is 14.8. The number of piperazine rings is 1. The number of amides is 2. The van der Waals surface area contributed by atoms with Crippen molar-refractivity contribution in [1.82, 2.24) is 14.7 Å². The van der Waals surface area contributed by atoms with E-state index in [9.17, 15) is 14.4 Å². The summed E-state index contributed by atoms with van der Waals surface area (Å²) in [6.07, 6.45) is 6.80. The van der Waals surface area contributed by atoms with E-state index in [0.29, 0.717) is 23.7 Å². The number of hydrogen-bond acceptors (Lipinski definition) is 4. The number of rotatable bonds is 8. The van der Waals surface area contributed by atoms with Gasteiger partial charge in [0.05, 0.1) is 16.7 Å². The lowest BCUT2D eigenvalue weighted by Crippen LogP contribution is -2.52. The highest BCUT2D eigenvalue weighted by atomic mass is 35.5. The molecule has 206 valence electrons. The molecule has 6 rings (SSSR count). The molecular weight excluding hydrogens is 513 g/mol. The summed E-state index contributed by atoms with van der Waals surface area (Å²) in [5, 5.41) is 12.4. The number of nitrogens with zero attached hydrogens (tertiary/aromatic N) is 4. The largest absolute Gasteiger partial charge is 0.322 e. The number of nitriles is 1. The van der Waals surface area contributed by atoms with Crippen molar-refractivity contribution in [2.24, 2.45) is 11.8 Å². The first kappa shape index (κ1) is 26.6. The molecule has 4 aliphatic rings. The Morgan fingerprint density at radius 1 is 1.13 bits per heavy atom. The van der Waals surface area contributed by atoms with E-state index in [2.05, 4.69) is 27.3 Å². The molecule has 1 heterocycles. The highest BCUT2D eigenvalue weighted by Crippen LogP contribution is 2.62. The highest BCUT2D eigenvalue weighted by molar-refractivity contribution is 6.31. The van der Waals surface area contributed by atoms with Crippen LogP contribution >= 0.6 is 11.6 Å². The Hall–Kier alpha value is -2.66. The number of anilines is 1. The molecule has 0 bridgehead atoms. The van der Waals surface area contributed by atoms with Crippen LogP contribution in [0.15, 0.2) is 42.5 Å². The maximum atomic E-state index is 13.7. The van der Waals surface area contributed by atoms with Gasteiger partial charge < -0.3 is 15.1 Å². The van der Waals surface area contributed by atoms with Crippen LogP contribution in [0.5, 0.6) is 0 Å². The van der Waals surface area contributed by atoms with Crippen LogP contribution in [0, 0.1) is 29.0 Å². The molecule has 4 fully saturated rings. The van der Waals surface area contributed by atoms with E-state index in [0.717, 1.165) is 64.3 Å². The van der Waals surface area contributed by atoms with Crippen LogP contribution in [0.2, 0.25) is 5.02 Å². The number of hydrogen-bond donors (Lipinski definition) is 1. The van der Waals surface area contributed by atoms with Crippen LogP contribution in [0.3, 0.4) is 0 Å². The van der Waals surface area contributed by atoms with Crippen molar-refractivity contribution in [3.63, 3.8) is 0 Å². The zero-order chi connectivity index (χ0) is 27.0. The molecule has 3 aliphatic carbocycles. The molecule has 3 atom stereocenters. The molecule has 2 aromatic carbocycles. The SMILES string of the molecule is N#Cc1cccc([C@]23CC[C@@H](N(CCN4CCN(CC5CC5)CC4)C(=O)Nc4ccc(F)c(Cl)c4)C[C@H]2C3)c1. The predicted octanol–water partition coefficient (Wildman–Crippen LogP) is 5.72. The first-order chi connectivity index (χ1) is 18.9. The van der Waals surface area contributed by atoms with Gasteiger partial charge in [-0.05, 0) is 91.7 Å². The summed E-state index contributed by atoms with van der Waals surface area (Å²) in [4.78, 5) is 20.7. The van der Waals surface area contributed by atoms with Gasteiger partial charge in [0.25, 0.3) is 0 Å². The summed E-state index contributed by atoms with van der Waals surface area (Å²) < 4.78 is 13.7. The van der Waals surface area contributed by atoms with Crippen LogP contribution in [0.25, 0.3) is 0 Å². The van der Waals surface area contributed by atoms with Crippen molar-refractivity contribution in [1.29, 1.82) is 5.26 Å². The molecule has 0 spiro atoms. The third kappa shape index (κ3) is 5.94. The van der Waals surface area contributed by atoms with Crippen LogP contribution < -0.4 is 5.32 Å². The maximum absolute atomic E-state index is 13.7. The van der Waals surface area contributed by atoms with Crippen LogP contribution in [-0.4, -0.2) is 72.6 Å². The summed E-state index contributed by atoms with van der Waals surface area (Å²) in [5.74, 6) is 0.941. The van der Waals surface area contributed by atoms with Gasteiger partial charge in [0.2, 0.25) is 0 Å². The number of halogens is 2. The lowest BCUT2D eigenvalue weighted by molar-refractivity contribution is 0.106. The zero-order valence-electron chi connectivity index (χ0n) is 22.4. The third-order valence-corrected chi connectivity index (χ3v) is 9.78. The lowest BCUT2D eigenvalue weighted by atomic mass is 9.80. The Balaban J connectivity index is 1.12. The number of fused-ring (bicyclic) bond motifs is 1. The molecule has 2 aromatic rings. The van der Waals surface area contributed by atoms with Gasteiger partial charge in [-0.15, -0.1) is 0 Å². The number of benzene rings is 2. The second-order valence-electron chi connectivity index (χ2n) is 12.0. The van der Waals surface area contributed by atoms with Crippen molar-refractivity contribution in [3.05, 3.63) is 64.4 Å². The molecule has 39 heavy (non-hydrogen) atoms. The minimum absolute atomic E-state index is 0.00319. The van der Waals surface area contributed by atoms with E-state index in [4.69, 9.17) is 11.6 Å². The Kier molecular flexibility index (Phi) is 7.54. The monoisotopic (exact) mass is 549 g/mol. The van der Waals surface area contributed by atoms with Crippen molar-refractivity contribution in [2.75, 3.05) is 51.1 Å². The van der Waals surface area contributed by atoms with Crippen LogP contribution in [0.4, 0.5) is 14.9 Å². The van der Waals surface area contributed by atoms with Gasteiger partial charge >= 0.3 is 6.03 Å². The summed E-state index contributed by atoms with van der Waals surface area (Å²) in [6.45, 7) is 7.05. The number of nitrogens with one attached hydrogen (secondary N) is 1. The summed E-state index contributed by atoms with van der Waals surface area (Å²) in [6, 6.07) is 14.7. The fourth-order valence-corrected chi connectivity index (χ4v) is 7.06. The van der Waals surface area contributed by atoms with Crippen LogP contribution in [0.1, 0.15) is 49.7 Å². The van der Waals surface area contributed by atoms with Crippen LogP contribution in [-0.2, 0) is 5.41 Å². The van der Waals surface area contributed by atoms with Crippen molar-refractivity contribution >= 4 is 23.3 Å². The molecule has 0 radical (unpaired) electrons. The van der Waals surface area contributed by atoms with Crippen molar-refractivity contribution < 1.29 is 9.18 Å². The van der Waals surface area contributed by atoms with Crippen molar-refractivity contribution in [2.45, 2.75) is 50.0 Å². The zero-order valence-corrected chi connectivity index (χ0v) is 23.2. The van der Waals surface area contributed by atoms with Gasteiger partial charge in [0.15, 0.2) is 0 Å². The van der Waals surface area contributed by atoms with Gasteiger partial charge in [-0.2, -0.15) is 5.26 Å². The third-order valence-electron chi connectivity index (χ3n) is 9.49. The van der Waals surface area contributed by atoms with E-state index >= 15 is 0 Å². The molecule has 1 saturated heterocycles. The predicted molar refractivity (Wildman–Crippen MR) is 151 cm³/mol. The number of urea groups is 1. The first-order valence-electron chi connectivity index (χ1n) is 14.4. The normalized spacial score (nSPS) is 26.9. The maximum Gasteiger partial charge on any atom is 0.322 e. The second kappa shape index (κ2) is 11.1. The molecular formula is C31H37ClFN5O. The Morgan fingerprint density at radius 2 is 1.92 bits per heavy atom. The minimum Gasteiger partial charge on any atom is -0.320 e. The average molecular weight is 550 g/mol.